The molecule has 0 spiro atoms. The summed E-state index contributed by atoms with van der Waals surface area (Å²) >= 11 is 0. The second-order valence-electron chi connectivity index (χ2n) is 3.25. The lowest BCUT2D eigenvalue weighted by molar-refractivity contribution is 0.0113. The summed E-state index contributed by atoms with van der Waals surface area (Å²) in [4.78, 5) is 0. The van der Waals surface area contributed by atoms with Crippen LogP contribution in [-0.2, 0) is 9.47 Å². The predicted octanol–water partition coefficient (Wildman–Crippen LogP) is 1.66. The van der Waals surface area contributed by atoms with E-state index in [1.165, 1.54) is 13.2 Å². The topological polar surface area (TPSA) is 38.7 Å². The van der Waals surface area contributed by atoms with Gasteiger partial charge in [-0.25, -0.2) is 8.78 Å². The van der Waals surface area contributed by atoms with E-state index in [0.29, 0.717) is 13.2 Å². The summed E-state index contributed by atoms with van der Waals surface area (Å²) in [6.45, 7) is 0.668. The van der Waals surface area contributed by atoms with Gasteiger partial charge in [0.15, 0.2) is 0 Å². The molecule has 5 heteroatoms. The van der Waals surface area contributed by atoms with Crippen LogP contribution in [0.15, 0.2) is 18.2 Å². The average molecular weight is 232 g/mol. The number of rotatable bonds is 6. The first kappa shape index (κ1) is 13.0. The number of methoxy groups -OCH3 is 1. The summed E-state index contributed by atoms with van der Waals surface area (Å²) < 4.78 is 35.6. The molecular formula is C11H14F2O3. The molecule has 0 saturated carbocycles. The van der Waals surface area contributed by atoms with Gasteiger partial charge in [-0.3, -0.25) is 0 Å². The first-order chi connectivity index (χ1) is 7.65. The van der Waals surface area contributed by atoms with Crippen molar-refractivity contribution in [3.8, 4) is 0 Å². The van der Waals surface area contributed by atoms with Crippen molar-refractivity contribution in [2.24, 2.45) is 0 Å². The largest absolute Gasteiger partial charge is 0.386 e. The minimum atomic E-state index is -1.10. The molecule has 1 aromatic carbocycles. The van der Waals surface area contributed by atoms with E-state index in [9.17, 15) is 13.9 Å². The molecule has 0 aliphatic carbocycles. The van der Waals surface area contributed by atoms with E-state index in [4.69, 9.17) is 9.47 Å². The highest BCUT2D eigenvalue weighted by Gasteiger charge is 2.13. The van der Waals surface area contributed by atoms with Gasteiger partial charge in [-0.15, -0.1) is 0 Å². The summed E-state index contributed by atoms with van der Waals surface area (Å²) in [5, 5.41) is 9.56. The zero-order chi connectivity index (χ0) is 12.0. The van der Waals surface area contributed by atoms with Gasteiger partial charge in [0.05, 0.1) is 19.8 Å². The van der Waals surface area contributed by atoms with Crippen LogP contribution in [0.5, 0.6) is 0 Å². The van der Waals surface area contributed by atoms with Crippen molar-refractivity contribution in [3.63, 3.8) is 0 Å². The summed E-state index contributed by atoms with van der Waals surface area (Å²) in [6, 6.07) is 3.03. The third-order valence-corrected chi connectivity index (χ3v) is 2.03. The van der Waals surface area contributed by atoms with Gasteiger partial charge in [0.1, 0.15) is 17.7 Å². The predicted molar refractivity (Wildman–Crippen MR) is 54.0 cm³/mol. The minimum absolute atomic E-state index is 0.0267. The lowest BCUT2D eigenvalue weighted by Crippen LogP contribution is -2.11. The first-order valence-corrected chi connectivity index (χ1v) is 4.85. The van der Waals surface area contributed by atoms with Gasteiger partial charge < -0.3 is 14.6 Å². The molecule has 16 heavy (non-hydrogen) atoms. The fourth-order valence-electron chi connectivity index (χ4n) is 1.20. The number of benzene rings is 1. The standard InChI is InChI=1S/C11H14F2O3/c1-15-4-5-16-7-11(14)9-3-2-8(12)6-10(9)13/h2-3,6,11,14H,4-5,7H2,1H3. The van der Waals surface area contributed by atoms with Gasteiger partial charge >= 0.3 is 0 Å². The zero-order valence-corrected chi connectivity index (χ0v) is 8.95. The van der Waals surface area contributed by atoms with E-state index in [1.54, 1.807) is 0 Å². The molecule has 0 aliphatic heterocycles. The molecule has 0 aliphatic rings. The maximum atomic E-state index is 13.2. The molecule has 1 rings (SSSR count). The van der Waals surface area contributed by atoms with Crippen LogP contribution in [-0.4, -0.2) is 32.0 Å². The highest BCUT2D eigenvalue weighted by molar-refractivity contribution is 5.20. The van der Waals surface area contributed by atoms with Crippen molar-refractivity contribution in [1.29, 1.82) is 0 Å². The third kappa shape index (κ3) is 3.84. The van der Waals surface area contributed by atoms with Crippen LogP contribution in [0.2, 0.25) is 0 Å². The van der Waals surface area contributed by atoms with Crippen LogP contribution >= 0.6 is 0 Å². The van der Waals surface area contributed by atoms with E-state index in [1.807, 2.05) is 0 Å². The molecule has 1 aromatic rings. The summed E-state index contributed by atoms with van der Waals surface area (Å²) in [6.07, 6.45) is -1.10. The molecule has 0 saturated heterocycles. The Balaban J connectivity index is 2.49. The average Bonchev–Trinajstić information content (AvgIpc) is 2.24. The summed E-state index contributed by atoms with van der Waals surface area (Å²) in [7, 11) is 1.53. The van der Waals surface area contributed by atoms with Gasteiger partial charge in [-0.2, -0.15) is 0 Å². The molecule has 0 amide bonds. The molecular weight excluding hydrogens is 218 g/mol. The Morgan fingerprint density at radius 3 is 2.69 bits per heavy atom. The molecule has 90 valence electrons. The van der Waals surface area contributed by atoms with Crippen molar-refractivity contribution in [3.05, 3.63) is 35.4 Å². The van der Waals surface area contributed by atoms with E-state index in [2.05, 4.69) is 0 Å². The minimum Gasteiger partial charge on any atom is -0.386 e. The van der Waals surface area contributed by atoms with Crippen LogP contribution in [0.1, 0.15) is 11.7 Å². The highest BCUT2D eigenvalue weighted by atomic mass is 19.1. The highest BCUT2D eigenvalue weighted by Crippen LogP contribution is 2.18. The zero-order valence-electron chi connectivity index (χ0n) is 8.95. The fourth-order valence-corrected chi connectivity index (χ4v) is 1.20. The van der Waals surface area contributed by atoms with Crippen LogP contribution < -0.4 is 0 Å². The van der Waals surface area contributed by atoms with E-state index in [0.717, 1.165) is 12.1 Å². The Morgan fingerprint density at radius 2 is 2.06 bits per heavy atom. The number of ether oxygens (including phenoxy) is 2. The van der Waals surface area contributed by atoms with E-state index in [-0.39, 0.29) is 12.2 Å². The normalized spacial score (nSPS) is 12.8. The molecule has 3 nitrogen and oxygen atoms in total. The maximum Gasteiger partial charge on any atom is 0.132 e. The van der Waals surface area contributed by atoms with Crippen molar-refractivity contribution in [2.75, 3.05) is 26.9 Å². The number of aliphatic hydroxyl groups is 1. The van der Waals surface area contributed by atoms with Crippen molar-refractivity contribution in [2.45, 2.75) is 6.10 Å². The molecule has 0 radical (unpaired) electrons. The Bertz CT molecular complexity index is 331. The second kappa shape index (κ2) is 6.52. The SMILES string of the molecule is COCCOCC(O)c1ccc(F)cc1F. The quantitative estimate of drug-likeness (QED) is 0.758. The maximum absolute atomic E-state index is 13.2. The van der Waals surface area contributed by atoms with Crippen LogP contribution in [0, 0.1) is 11.6 Å². The Hall–Kier alpha value is -1.04. The van der Waals surface area contributed by atoms with Crippen LogP contribution in [0.25, 0.3) is 0 Å². The Kier molecular flexibility index (Phi) is 5.31. The third-order valence-electron chi connectivity index (χ3n) is 2.03. The molecule has 1 atom stereocenters. The van der Waals surface area contributed by atoms with Gasteiger partial charge in [-0.1, -0.05) is 6.07 Å². The Labute approximate surface area is 92.6 Å². The van der Waals surface area contributed by atoms with Crippen molar-refractivity contribution < 1.29 is 23.4 Å². The van der Waals surface area contributed by atoms with Gasteiger partial charge in [0.25, 0.3) is 0 Å². The van der Waals surface area contributed by atoms with Gasteiger partial charge in [0, 0.05) is 18.7 Å². The van der Waals surface area contributed by atoms with Crippen LogP contribution in [0.3, 0.4) is 0 Å². The molecule has 1 N–H and O–H groups in total. The molecule has 0 fully saturated rings. The fraction of sp³-hybridized carbons (Fsp3) is 0.455. The first-order valence-electron chi connectivity index (χ1n) is 4.85. The number of aliphatic hydroxyl groups excluding tert-OH is 1. The summed E-state index contributed by atoms with van der Waals surface area (Å²) in [5.74, 6) is -1.45. The second-order valence-corrected chi connectivity index (χ2v) is 3.25. The lowest BCUT2D eigenvalue weighted by atomic mass is 10.1. The van der Waals surface area contributed by atoms with Gasteiger partial charge in [0.2, 0.25) is 0 Å². The van der Waals surface area contributed by atoms with Crippen molar-refractivity contribution in [1.82, 2.24) is 0 Å². The monoisotopic (exact) mass is 232 g/mol. The smallest absolute Gasteiger partial charge is 0.132 e. The van der Waals surface area contributed by atoms with Gasteiger partial charge in [-0.05, 0) is 6.07 Å². The number of halogens is 2. The molecule has 1 unspecified atom stereocenters. The van der Waals surface area contributed by atoms with E-state index >= 15 is 0 Å². The summed E-state index contributed by atoms with van der Waals surface area (Å²) in [5.41, 5.74) is 0.0267. The van der Waals surface area contributed by atoms with E-state index < -0.39 is 17.7 Å². The number of hydrogen-bond donors (Lipinski definition) is 1. The molecule has 0 heterocycles. The number of hydrogen-bond acceptors (Lipinski definition) is 3. The lowest BCUT2D eigenvalue weighted by Gasteiger charge is -2.12. The van der Waals surface area contributed by atoms with Crippen LogP contribution in [0.4, 0.5) is 8.78 Å². The molecule has 0 bridgehead atoms. The van der Waals surface area contributed by atoms with Crippen molar-refractivity contribution >= 4 is 0 Å². The molecule has 0 aromatic heterocycles. The Morgan fingerprint density at radius 1 is 1.31 bits per heavy atom.